The van der Waals surface area contributed by atoms with Gasteiger partial charge < -0.3 is 14.8 Å². The summed E-state index contributed by atoms with van der Waals surface area (Å²) in [4.78, 5) is 12.6. The van der Waals surface area contributed by atoms with Crippen LogP contribution in [0.15, 0.2) is 42.5 Å². The van der Waals surface area contributed by atoms with Crippen molar-refractivity contribution in [1.82, 2.24) is 5.32 Å². The number of ether oxygens (including phenoxy) is 2. The van der Waals surface area contributed by atoms with Gasteiger partial charge in [0, 0.05) is 6.07 Å². The Kier molecular flexibility index (Phi) is 6.45. The Bertz CT molecular complexity index is 727. The van der Waals surface area contributed by atoms with Gasteiger partial charge in [0.15, 0.2) is 6.10 Å². The lowest BCUT2D eigenvalue weighted by molar-refractivity contribution is -0.128. The van der Waals surface area contributed by atoms with E-state index in [4.69, 9.17) is 9.47 Å². The maximum atomic E-state index is 12.6. The number of benzene rings is 2. The van der Waals surface area contributed by atoms with Gasteiger partial charge >= 0.3 is 0 Å². The van der Waals surface area contributed by atoms with Gasteiger partial charge in [-0.15, -0.1) is 0 Å². The van der Waals surface area contributed by atoms with Gasteiger partial charge in [-0.25, -0.2) is 0 Å². The predicted molar refractivity (Wildman–Crippen MR) is 100 cm³/mol. The molecule has 2 aromatic carbocycles. The highest BCUT2D eigenvalue weighted by Crippen LogP contribution is 2.21. The molecule has 1 amide bonds. The van der Waals surface area contributed by atoms with Gasteiger partial charge in [-0.05, 0) is 56.0 Å². The van der Waals surface area contributed by atoms with E-state index in [0.29, 0.717) is 17.9 Å². The van der Waals surface area contributed by atoms with Crippen LogP contribution in [0.4, 0.5) is 0 Å². The van der Waals surface area contributed by atoms with E-state index >= 15 is 0 Å². The molecule has 2 rings (SSSR count). The summed E-state index contributed by atoms with van der Waals surface area (Å²) >= 11 is 0. The summed E-state index contributed by atoms with van der Waals surface area (Å²) in [5, 5.41) is 3.05. The van der Waals surface area contributed by atoms with Crippen LogP contribution in [0.25, 0.3) is 0 Å². The molecule has 0 aliphatic carbocycles. The number of carbonyl (C=O) groups excluding carboxylic acids is 1. The van der Waals surface area contributed by atoms with E-state index in [2.05, 4.69) is 37.4 Å². The summed E-state index contributed by atoms with van der Waals surface area (Å²) in [5.74, 6) is 1.22. The van der Waals surface area contributed by atoms with Crippen molar-refractivity contribution in [2.45, 2.75) is 46.3 Å². The lowest BCUT2D eigenvalue weighted by atomic mass is 10.0. The second-order valence-corrected chi connectivity index (χ2v) is 6.27. The van der Waals surface area contributed by atoms with Crippen LogP contribution in [0.1, 0.15) is 43.0 Å². The summed E-state index contributed by atoms with van der Waals surface area (Å²) in [7, 11) is 1.61. The molecule has 134 valence electrons. The van der Waals surface area contributed by atoms with E-state index in [1.54, 1.807) is 13.2 Å². The average Bonchev–Trinajstić information content (AvgIpc) is 2.61. The first-order chi connectivity index (χ1) is 11.9. The molecule has 2 aromatic rings. The fourth-order valence-corrected chi connectivity index (χ4v) is 2.58. The number of rotatable bonds is 7. The molecule has 0 aliphatic rings. The van der Waals surface area contributed by atoms with Crippen LogP contribution in [0.5, 0.6) is 11.5 Å². The highest BCUT2D eigenvalue weighted by Gasteiger charge is 2.21. The van der Waals surface area contributed by atoms with Crippen LogP contribution in [0.2, 0.25) is 0 Å². The molecule has 0 saturated heterocycles. The molecule has 0 aliphatic heterocycles. The third kappa shape index (κ3) is 4.99. The van der Waals surface area contributed by atoms with Crippen molar-refractivity contribution in [2.75, 3.05) is 7.11 Å². The van der Waals surface area contributed by atoms with Crippen molar-refractivity contribution >= 4 is 5.91 Å². The van der Waals surface area contributed by atoms with Crippen molar-refractivity contribution in [3.05, 3.63) is 59.2 Å². The molecule has 25 heavy (non-hydrogen) atoms. The molecule has 0 saturated carbocycles. The van der Waals surface area contributed by atoms with E-state index in [1.165, 1.54) is 11.1 Å². The third-order valence-electron chi connectivity index (χ3n) is 4.37. The molecule has 1 N–H and O–H groups in total. The van der Waals surface area contributed by atoms with Crippen LogP contribution < -0.4 is 14.8 Å². The van der Waals surface area contributed by atoms with Crippen molar-refractivity contribution in [2.24, 2.45) is 0 Å². The largest absolute Gasteiger partial charge is 0.497 e. The highest BCUT2D eigenvalue weighted by molar-refractivity contribution is 5.81. The maximum Gasteiger partial charge on any atom is 0.261 e. The standard InChI is InChI=1S/C21H27NO3/c1-6-20(25-19-9-7-8-18(13-19)24-5)21(23)22-16(4)17-11-10-14(2)15(3)12-17/h7-13,16,20H,6H2,1-5H3,(H,22,23). The second kappa shape index (κ2) is 8.56. The molecule has 2 unspecified atom stereocenters. The number of carbonyl (C=O) groups is 1. The fraction of sp³-hybridized carbons (Fsp3) is 0.381. The lowest BCUT2D eigenvalue weighted by Gasteiger charge is -2.21. The minimum atomic E-state index is -0.541. The average molecular weight is 341 g/mol. The van der Waals surface area contributed by atoms with Gasteiger partial charge in [0.2, 0.25) is 0 Å². The molecule has 4 heteroatoms. The molecule has 0 bridgehead atoms. The summed E-state index contributed by atoms with van der Waals surface area (Å²) in [6, 6.07) is 13.5. The zero-order valence-electron chi connectivity index (χ0n) is 15.6. The van der Waals surface area contributed by atoms with Crippen molar-refractivity contribution in [1.29, 1.82) is 0 Å². The second-order valence-electron chi connectivity index (χ2n) is 6.27. The zero-order chi connectivity index (χ0) is 18.4. The summed E-state index contributed by atoms with van der Waals surface area (Å²) in [6.07, 6.45) is 0.0454. The van der Waals surface area contributed by atoms with Crippen molar-refractivity contribution in [3.63, 3.8) is 0 Å². The first-order valence-corrected chi connectivity index (χ1v) is 8.62. The molecule has 4 nitrogen and oxygen atoms in total. The Morgan fingerprint density at radius 1 is 1.08 bits per heavy atom. The van der Waals surface area contributed by atoms with Crippen LogP contribution in [-0.2, 0) is 4.79 Å². The Labute approximate surface area is 150 Å². The highest BCUT2D eigenvalue weighted by atomic mass is 16.5. The van der Waals surface area contributed by atoms with E-state index in [-0.39, 0.29) is 11.9 Å². The predicted octanol–water partition coefficient (Wildman–Crippen LogP) is 4.35. The first kappa shape index (κ1) is 18.8. The quantitative estimate of drug-likeness (QED) is 0.814. The number of methoxy groups -OCH3 is 1. The smallest absolute Gasteiger partial charge is 0.261 e. The normalized spacial score (nSPS) is 13.0. The third-order valence-corrected chi connectivity index (χ3v) is 4.37. The van der Waals surface area contributed by atoms with Gasteiger partial charge in [0.1, 0.15) is 11.5 Å². The Morgan fingerprint density at radius 3 is 2.44 bits per heavy atom. The first-order valence-electron chi connectivity index (χ1n) is 8.62. The SMILES string of the molecule is CCC(Oc1cccc(OC)c1)C(=O)NC(C)c1ccc(C)c(C)c1. The minimum Gasteiger partial charge on any atom is -0.497 e. The number of aryl methyl sites for hydroxylation is 2. The van der Waals surface area contributed by atoms with E-state index in [9.17, 15) is 4.79 Å². The summed E-state index contributed by atoms with van der Waals surface area (Å²) < 4.78 is 11.0. The van der Waals surface area contributed by atoms with Gasteiger partial charge in [0.05, 0.1) is 13.2 Å². The molecule has 0 fully saturated rings. The van der Waals surface area contributed by atoms with E-state index in [1.807, 2.05) is 32.0 Å². The van der Waals surface area contributed by atoms with Crippen LogP contribution in [0, 0.1) is 13.8 Å². The van der Waals surface area contributed by atoms with Crippen molar-refractivity contribution in [3.8, 4) is 11.5 Å². The fourth-order valence-electron chi connectivity index (χ4n) is 2.58. The Hall–Kier alpha value is -2.49. The van der Waals surface area contributed by atoms with Crippen molar-refractivity contribution < 1.29 is 14.3 Å². The van der Waals surface area contributed by atoms with Gasteiger partial charge in [-0.2, -0.15) is 0 Å². The monoisotopic (exact) mass is 341 g/mol. The summed E-state index contributed by atoms with van der Waals surface area (Å²) in [6.45, 7) is 8.08. The number of amides is 1. The molecular weight excluding hydrogens is 314 g/mol. The van der Waals surface area contributed by atoms with Crippen LogP contribution >= 0.6 is 0 Å². The van der Waals surface area contributed by atoms with E-state index < -0.39 is 6.10 Å². The van der Waals surface area contributed by atoms with Gasteiger partial charge in [0.25, 0.3) is 5.91 Å². The molecule has 0 radical (unpaired) electrons. The molecule has 0 heterocycles. The zero-order valence-corrected chi connectivity index (χ0v) is 15.6. The lowest BCUT2D eigenvalue weighted by Crippen LogP contribution is -2.39. The van der Waals surface area contributed by atoms with Gasteiger partial charge in [-0.3, -0.25) is 4.79 Å². The summed E-state index contributed by atoms with van der Waals surface area (Å²) in [5.41, 5.74) is 3.56. The number of hydrogen-bond donors (Lipinski definition) is 1. The number of hydrogen-bond acceptors (Lipinski definition) is 3. The van der Waals surface area contributed by atoms with Crippen LogP contribution in [-0.4, -0.2) is 19.1 Å². The minimum absolute atomic E-state index is 0.0743. The Morgan fingerprint density at radius 2 is 1.80 bits per heavy atom. The molecular formula is C21H27NO3. The van der Waals surface area contributed by atoms with E-state index in [0.717, 1.165) is 5.56 Å². The van der Waals surface area contributed by atoms with Gasteiger partial charge in [-0.1, -0.05) is 31.2 Å². The molecule has 0 aromatic heterocycles. The van der Waals surface area contributed by atoms with Crippen LogP contribution in [0.3, 0.4) is 0 Å². The Balaban J connectivity index is 2.04. The molecule has 0 spiro atoms. The number of nitrogens with one attached hydrogen (secondary N) is 1. The topological polar surface area (TPSA) is 47.6 Å². The molecule has 2 atom stereocenters. The maximum absolute atomic E-state index is 12.6.